The lowest BCUT2D eigenvalue weighted by Gasteiger charge is -2.12. The molecule has 31 heavy (non-hydrogen) atoms. The number of rotatable bonds is 5. The summed E-state index contributed by atoms with van der Waals surface area (Å²) in [5.41, 5.74) is 3.04. The van der Waals surface area contributed by atoms with Crippen LogP contribution >= 0.6 is 27.5 Å². The molecule has 0 aromatic heterocycles. The summed E-state index contributed by atoms with van der Waals surface area (Å²) < 4.78 is 6.32. The van der Waals surface area contributed by atoms with E-state index >= 15 is 0 Å². The lowest BCUT2D eigenvalue weighted by atomic mass is 10.00. The highest BCUT2D eigenvalue weighted by Gasteiger charge is 2.32. The molecule has 0 saturated carbocycles. The fraction of sp³-hybridized carbons (Fsp3) is 0.0833. The number of aromatic hydroxyl groups is 1. The third-order valence-corrected chi connectivity index (χ3v) is 5.42. The number of nitrogens with zero attached hydrogens (tertiary/aromatic N) is 2. The van der Waals surface area contributed by atoms with E-state index in [4.69, 9.17) is 16.3 Å². The molecule has 7 heteroatoms. The van der Waals surface area contributed by atoms with Gasteiger partial charge in [-0.25, -0.2) is 0 Å². The van der Waals surface area contributed by atoms with Crippen molar-refractivity contribution in [2.75, 3.05) is 11.6 Å². The molecule has 1 amide bonds. The second-order valence-corrected chi connectivity index (χ2v) is 8.07. The van der Waals surface area contributed by atoms with E-state index in [0.717, 1.165) is 10.0 Å². The highest BCUT2D eigenvalue weighted by atomic mass is 79.9. The van der Waals surface area contributed by atoms with Gasteiger partial charge in [-0.15, -0.1) is 0 Å². The van der Waals surface area contributed by atoms with Gasteiger partial charge in [-0.1, -0.05) is 63.9 Å². The normalized spacial score (nSPS) is 14.8. The molecule has 3 aromatic rings. The van der Waals surface area contributed by atoms with E-state index in [-0.39, 0.29) is 22.4 Å². The summed E-state index contributed by atoms with van der Waals surface area (Å²) >= 11 is 9.62. The molecule has 1 N–H and O–H groups in total. The number of benzene rings is 3. The summed E-state index contributed by atoms with van der Waals surface area (Å²) in [6.07, 6.45) is 1.71. The molecule has 1 aliphatic heterocycles. The third-order valence-electron chi connectivity index (χ3n) is 4.64. The number of carbonyl (C=O) groups is 1. The van der Waals surface area contributed by atoms with Crippen molar-refractivity contribution in [1.29, 1.82) is 0 Å². The Morgan fingerprint density at radius 1 is 1.13 bits per heavy atom. The maximum absolute atomic E-state index is 13.4. The number of carbonyl (C=O) groups excluding carboxylic acids is 1. The van der Waals surface area contributed by atoms with E-state index in [1.165, 1.54) is 5.01 Å². The fourth-order valence-electron chi connectivity index (χ4n) is 3.25. The molecular formula is C24H18BrClN2O3. The van der Waals surface area contributed by atoms with E-state index in [1.807, 2.05) is 61.5 Å². The van der Waals surface area contributed by atoms with Crippen molar-refractivity contribution >= 4 is 50.9 Å². The van der Waals surface area contributed by atoms with Crippen LogP contribution in [-0.2, 0) is 4.79 Å². The number of hydrogen-bond donors (Lipinski definition) is 1. The first kappa shape index (κ1) is 21.2. The van der Waals surface area contributed by atoms with Crippen LogP contribution in [-0.4, -0.2) is 23.3 Å². The number of ether oxygens (including phenoxy) is 1. The lowest BCUT2D eigenvalue weighted by molar-refractivity contribution is -0.114. The van der Waals surface area contributed by atoms with Gasteiger partial charge in [0.15, 0.2) is 11.5 Å². The smallest absolute Gasteiger partial charge is 0.281 e. The van der Waals surface area contributed by atoms with Crippen molar-refractivity contribution in [3.63, 3.8) is 0 Å². The van der Waals surface area contributed by atoms with Gasteiger partial charge in [-0.3, -0.25) is 4.79 Å². The number of hydrazone groups is 1. The second-order valence-electron chi connectivity index (χ2n) is 6.75. The highest BCUT2D eigenvalue weighted by Crippen LogP contribution is 2.37. The van der Waals surface area contributed by atoms with Gasteiger partial charge in [0.25, 0.3) is 5.91 Å². The first-order chi connectivity index (χ1) is 15.0. The Bertz CT molecular complexity index is 1210. The quantitative estimate of drug-likeness (QED) is 0.437. The predicted molar refractivity (Wildman–Crippen MR) is 127 cm³/mol. The van der Waals surface area contributed by atoms with Crippen molar-refractivity contribution in [3.05, 3.63) is 92.9 Å². The summed E-state index contributed by atoms with van der Waals surface area (Å²) in [6, 6.07) is 20.1. The van der Waals surface area contributed by atoms with Gasteiger partial charge in [0.1, 0.15) is 5.71 Å². The second kappa shape index (κ2) is 8.96. The van der Waals surface area contributed by atoms with Crippen LogP contribution in [0.15, 0.2) is 81.9 Å². The number of hydrogen-bond acceptors (Lipinski definition) is 4. The average molecular weight is 498 g/mol. The van der Waals surface area contributed by atoms with Crippen LogP contribution in [0.2, 0.25) is 5.02 Å². The van der Waals surface area contributed by atoms with Gasteiger partial charge >= 0.3 is 0 Å². The Kier molecular flexibility index (Phi) is 6.11. The van der Waals surface area contributed by atoms with Crippen LogP contribution in [0.1, 0.15) is 18.1 Å². The van der Waals surface area contributed by atoms with E-state index in [1.54, 1.807) is 18.2 Å². The fourth-order valence-corrected chi connectivity index (χ4v) is 3.85. The van der Waals surface area contributed by atoms with Gasteiger partial charge < -0.3 is 9.84 Å². The molecule has 3 aromatic carbocycles. The van der Waals surface area contributed by atoms with Crippen LogP contribution in [0.25, 0.3) is 6.08 Å². The Labute approximate surface area is 193 Å². The molecule has 0 aliphatic carbocycles. The van der Waals surface area contributed by atoms with Gasteiger partial charge in [0, 0.05) is 10.0 Å². The predicted octanol–water partition coefficient (Wildman–Crippen LogP) is 6.04. The Morgan fingerprint density at radius 3 is 2.61 bits per heavy atom. The Hall–Kier alpha value is -3.09. The molecule has 0 atom stereocenters. The summed E-state index contributed by atoms with van der Waals surface area (Å²) in [4.78, 5) is 13.4. The van der Waals surface area contributed by atoms with Crippen LogP contribution in [0.3, 0.4) is 0 Å². The van der Waals surface area contributed by atoms with E-state index in [0.29, 0.717) is 29.1 Å². The van der Waals surface area contributed by atoms with Crippen molar-refractivity contribution in [2.45, 2.75) is 6.92 Å². The third kappa shape index (κ3) is 4.36. The van der Waals surface area contributed by atoms with Gasteiger partial charge in [-0.05, 0) is 48.9 Å². The number of amides is 1. The summed E-state index contributed by atoms with van der Waals surface area (Å²) in [5, 5.41) is 16.3. The Balaban J connectivity index is 1.84. The molecule has 0 saturated heterocycles. The number of phenols is 1. The standard InChI is InChI=1S/C24H18BrClN2O3/c1-2-31-21-13-15(12-20(26)23(21)29)11-19-22(16-7-4-3-5-8-16)27-28(24(19)30)18-10-6-9-17(25)14-18/h3-14,29H,2H2,1H3. The summed E-state index contributed by atoms with van der Waals surface area (Å²) in [6.45, 7) is 2.19. The van der Waals surface area contributed by atoms with Crippen molar-refractivity contribution in [1.82, 2.24) is 0 Å². The number of phenolic OH excluding ortho intramolecular Hbond substituents is 1. The molecule has 5 nitrogen and oxygen atoms in total. The topological polar surface area (TPSA) is 62.1 Å². The Morgan fingerprint density at radius 2 is 1.90 bits per heavy atom. The van der Waals surface area contributed by atoms with E-state index < -0.39 is 0 Å². The van der Waals surface area contributed by atoms with E-state index in [2.05, 4.69) is 21.0 Å². The minimum absolute atomic E-state index is 0.129. The van der Waals surface area contributed by atoms with E-state index in [9.17, 15) is 9.90 Å². The molecule has 0 spiro atoms. The van der Waals surface area contributed by atoms with Crippen LogP contribution < -0.4 is 9.75 Å². The van der Waals surface area contributed by atoms with Crippen LogP contribution in [0.5, 0.6) is 11.5 Å². The van der Waals surface area contributed by atoms with Gasteiger partial charge in [0.2, 0.25) is 0 Å². The van der Waals surface area contributed by atoms with Crippen molar-refractivity contribution < 1.29 is 14.6 Å². The molecule has 0 radical (unpaired) electrons. The molecule has 0 unspecified atom stereocenters. The largest absolute Gasteiger partial charge is 0.503 e. The minimum Gasteiger partial charge on any atom is -0.503 e. The number of anilines is 1. The monoisotopic (exact) mass is 496 g/mol. The maximum Gasteiger partial charge on any atom is 0.281 e. The van der Waals surface area contributed by atoms with Crippen molar-refractivity contribution in [2.24, 2.45) is 5.10 Å². The molecule has 1 heterocycles. The van der Waals surface area contributed by atoms with Gasteiger partial charge in [0.05, 0.1) is 22.9 Å². The molecular weight excluding hydrogens is 480 g/mol. The first-order valence-corrected chi connectivity index (χ1v) is 10.8. The van der Waals surface area contributed by atoms with Gasteiger partial charge in [-0.2, -0.15) is 10.1 Å². The zero-order chi connectivity index (χ0) is 22.0. The zero-order valence-corrected chi connectivity index (χ0v) is 18.9. The summed E-state index contributed by atoms with van der Waals surface area (Å²) in [5.74, 6) is -0.135. The SMILES string of the molecule is CCOc1cc(C=C2C(=O)N(c3cccc(Br)c3)N=C2c2ccccc2)cc(Cl)c1O. The average Bonchev–Trinajstić information content (AvgIpc) is 3.08. The first-order valence-electron chi connectivity index (χ1n) is 9.59. The number of halogens is 2. The van der Waals surface area contributed by atoms with Crippen LogP contribution in [0.4, 0.5) is 5.69 Å². The van der Waals surface area contributed by atoms with Crippen LogP contribution in [0, 0.1) is 0 Å². The molecule has 4 rings (SSSR count). The zero-order valence-electron chi connectivity index (χ0n) is 16.5. The molecule has 0 fully saturated rings. The minimum atomic E-state index is -0.265. The maximum atomic E-state index is 13.4. The highest BCUT2D eigenvalue weighted by molar-refractivity contribution is 9.10. The van der Waals surface area contributed by atoms with Crippen molar-refractivity contribution in [3.8, 4) is 11.5 Å². The summed E-state index contributed by atoms with van der Waals surface area (Å²) in [7, 11) is 0. The molecule has 1 aliphatic rings. The molecule has 156 valence electrons. The molecule has 0 bridgehead atoms. The lowest BCUT2D eigenvalue weighted by Crippen LogP contribution is -2.21.